The molecule has 0 saturated heterocycles. The Morgan fingerprint density at radius 2 is 2.04 bits per heavy atom. The van der Waals surface area contributed by atoms with Crippen LogP contribution in [0.5, 0.6) is 0 Å². The van der Waals surface area contributed by atoms with Crippen LogP contribution in [0.4, 0.5) is 0 Å². The van der Waals surface area contributed by atoms with Crippen molar-refractivity contribution in [2.24, 2.45) is 0 Å². The normalized spacial score (nSPS) is 21.9. The lowest BCUT2D eigenvalue weighted by molar-refractivity contribution is 0.0752. The third-order valence-electron chi connectivity index (χ3n) is 5.32. The first-order valence-corrected chi connectivity index (χ1v) is 9.14. The molecule has 2 aromatic heterocycles. The number of hydrogen-bond donors (Lipinski definition) is 0. The molecule has 5 nitrogen and oxygen atoms in total. The molecule has 0 unspecified atom stereocenters. The van der Waals surface area contributed by atoms with Crippen LogP contribution in [-0.2, 0) is 17.9 Å². The fourth-order valence-electron chi connectivity index (χ4n) is 4.06. The van der Waals surface area contributed by atoms with Crippen LogP contribution in [0.25, 0.3) is 0 Å². The standard InChI is InChI=1S/C19H26N4O/c1-2-7-17(6-1)22-13-18-8-11-21-23(18)19(14-22)9-12-24-15-16-5-3-4-10-20-16/h3-5,8,10-11,17,19H,1-2,6-7,9,12-15H2/t19-/m1/s1. The van der Waals surface area contributed by atoms with Gasteiger partial charge in [0.1, 0.15) is 0 Å². The van der Waals surface area contributed by atoms with Crippen molar-refractivity contribution in [3.63, 3.8) is 0 Å². The Labute approximate surface area is 143 Å². The van der Waals surface area contributed by atoms with Crippen LogP contribution in [0.2, 0.25) is 0 Å². The van der Waals surface area contributed by atoms with E-state index in [1.807, 2.05) is 30.6 Å². The largest absolute Gasteiger partial charge is 0.375 e. The molecule has 1 aliphatic carbocycles. The summed E-state index contributed by atoms with van der Waals surface area (Å²) < 4.78 is 8.07. The summed E-state index contributed by atoms with van der Waals surface area (Å²) in [4.78, 5) is 6.98. The van der Waals surface area contributed by atoms with Crippen LogP contribution >= 0.6 is 0 Å². The Morgan fingerprint density at radius 1 is 1.12 bits per heavy atom. The maximum Gasteiger partial charge on any atom is 0.0887 e. The molecule has 128 valence electrons. The molecule has 1 aliphatic heterocycles. The molecule has 24 heavy (non-hydrogen) atoms. The van der Waals surface area contributed by atoms with Crippen molar-refractivity contribution in [2.45, 2.75) is 57.3 Å². The molecule has 0 spiro atoms. The van der Waals surface area contributed by atoms with E-state index in [1.165, 1.54) is 31.4 Å². The molecule has 0 radical (unpaired) electrons. The molecular weight excluding hydrogens is 300 g/mol. The van der Waals surface area contributed by atoms with Gasteiger partial charge in [0.05, 0.1) is 24.0 Å². The van der Waals surface area contributed by atoms with Crippen LogP contribution in [0.1, 0.15) is 49.5 Å². The Bertz CT molecular complexity index is 636. The number of pyridine rings is 1. The molecule has 2 aromatic rings. The van der Waals surface area contributed by atoms with E-state index in [9.17, 15) is 0 Å². The molecular formula is C19H26N4O. The van der Waals surface area contributed by atoms with Gasteiger partial charge in [0.15, 0.2) is 0 Å². The van der Waals surface area contributed by atoms with E-state index in [0.717, 1.165) is 37.9 Å². The lowest BCUT2D eigenvalue weighted by atomic mass is 10.1. The summed E-state index contributed by atoms with van der Waals surface area (Å²) in [6.07, 6.45) is 10.2. The first kappa shape index (κ1) is 15.8. The number of aromatic nitrogens is 3. The highest BCUT2D eigenvalue weighted by atomic mass is 16.5. The van der Waals surface area contributed by atoms with Crippen molar-refractivity contribution in [3.05, 3.63) is 48.0 Å². The van der Waals surface area contributed by atoms with E-state index in [0.29, 0.717) is 12.6 Å². The van der Waals surface area contributed by atoms with Crippen molar-refractivity contribution >= 4 is 0 Å². The molecule has 0 amide bonds. The quantitative estimate of drug-likeness (QED) is 0.765. The third kappa shape index (κ3) is 3.52. The topological polar surface area (TPSA) is 43.2 Å². The lowest BCUT2D eigenvalue weighted by Crippen LogP contribution is -2.42. The summed E-state index contributed by atoms with van der Waals surface area (Å²) >= 11 is 0. The Kier molecular flexibility index (Phi) is 4.90. The van der Waals surface area contributed by atoms with Crippen molar-refractivity contribution < 1.29 is 4.74 Å². The summed E-state index contributed by atoms with van der Waals surface area (Å²) in [5.74, 6) is 0. The van der Waals surface area contributed by atoms with Crippen molar-refractivity contribution in [1.82, 2.24) is 19.7 Å². The summed E-state index contributed by atoms with van der Waals surface area (Å²) in [6, 6.07) is 9.31. The highest BCUT2D eigenvalue weighted by Gasteiger charge is 2.31. The molecule has 1 atom stereocenters. The predicted octanol–water partition coefficient (Wildman–Crippen LogP) is 3.18. The Balaban J connectivity index is 1.33. The number of fused-ring (bicyclic) bond motifs is 1. The molecule has 0 bridgehead atoms. The van der Waals surface area contributed by atoms with Crippen LogP contribution in [0.15, 0.2) is 36.7 Å². The summed E-state index contributed by atoms with van der Waals surface area (Å²) in [5.41, 5.74) is 2.34. The van der Waals surface area contributed by atoms with Crippen molar-refractivity contribution in [1.29, 1.82) is 0 Å². The van der Waals surface area contributed by atoms with Gasteiger partial charge < -0.3 is 4.74 Å². The lowest BCUT2D eigenvalue weighted by Gasteiger charge is -2.37. The molecule has 3 heterocycles. The van der Waals surface area contributed by atoms with Crippen molar-refractivity contribution in [2.75, 3.05) is 13.2 Å². The van der Waals surface area contributed by atoms with Gasteiger partial charge in [-0.25, -0.2) is 0 Å². The van der Waals surface area contributed by atoms with Crippen LogP contribution in [0.3, 0.4) is 0 Å². The van der Waals surface area contributed by atoms with E-state index >= 15 is 0 Å². The van der Waals surface area contributed by atoms with Crippen molar-refractivity contribution in [3.8, 4) is 0 Å². The van der Waals surface area contributed by atoms with E-state index in [1.54, 1.807) is 0 Å². The van der Waals surface area contributed by atoms with Crippen LogP contribution in [0, 0.1) is 0 Å². The number of rotatable bonds is 6. The number of nitrogens with zero attached hydrogens (tertiary/aromatic N) is 4. The zero-order valence-electron chi connectivity index (χ0n) is 14.2. The van der Waals surface area contributed by atoms with Gasteiger partial charge in [-0.2, -0.15) is 5.10 Å². The highest BCUT2D eigenvalue weighted by molar-refractivity contribution is 5.06. The smallest absolute Gasteiger partial charge is 0.0887 e. The fourth-order valence-corrected chi connectivity index (χ4v) is 4.06. The first-order chi connectivity index (χ1) is 11.9. The van der Waals surface area contributed by atoms with Gasteiger partial charge in [-0.05, 0) is 37.5 Å². The molecule has 5 heteroatoms. The zero-order chi connectivity index (χ0) is 16.2. The monoisotopic (exact) mass is 326 g/mol. The summed E-state index contributed by atoms with van der Waals surface area (Å²) in [6.45, 7) is 3.49. The minimum Gasteiger partial charge on any atom is -0.375 e. The SMILES string of the molecule is c1ccc(COCC[C@@H]2CN(C3CCCC3)Cc3ccnn32)nc1. The average molecular weight is 326 g/mol. The second-order valence-corrected chi connectivity index (χ2v) is 6.95. The second kappa shape index (κ2) is 7.45. The molecule has 0 N–H and O–H groups in total. The Hall–Kier alpha value is -1.72. The van der Waals surface area contributed by atoms with Crippen LogP contribution in [-0.4, -0.2) is 38.9 Å². The average Bonchev–Trinajstić information content (AvgIpc) is 3.30. The molecule has 2 aliphatic rings. The van der Waals surface area contributed by atoms with Gasteiger partial charge in [-0.15, -0.1) is 0 Å². The maximum atomic E-state index is 5.85. The molecule has 1 saturated carbocycles. The first-order valence-electron chi connectivity index (χ1n) is 9.14. The second-order valence-electron chi connectivity index (χ2n) is 6.95. The van der Waals surface area contributed by atoms with E-state index < -0.39 is 0 Å². The van der Waals surface area contributed by atoms with Gasteiger partial charge >= 0.3 is 0 Å². The fraction of sp³-hybridized carbons (Fsp3) is 0.579. The summed E-state index contributed by atoms with van der Waals surface area (Å²) in [5, 5.41) is 4.56. The summed E-state index contributed by atoms with van der Waals surface area (Å²) in [7, 11) is 0. The van der Waals surface area contributed by atoms with E-state index in [4.69, 9.17) is 4.74 Å². The highest BCUT2D eigenvalue weighted by Crippen LogP contribution is 2.30. The minimum absolute atomic E-state index is 0.424. The zero-order valence-corrected chi connectivity index (χ0v) is 14.2. The minimum atomic E-state index is 0.424. The van der Waals surface area contributed by atoms with E-state index in [-0.39, 0.29) is 0 Å². The van der Waals surface area contributed by atoms with Gasteiger partial charge in [-0.3, -0.25) is 14.6 Å². The van der Waals surface area contributed by atoms with Crippen LogP contribution < -0.4 is 0 Å². The third-order valence-corrected chi connectivity index (χ3v) is 5.32. The molecule has 1 fully saturated rings. The maximum absolute atomic E-state index is 5.85. The van der Waals surface area contributed by atoms with Gasteiger partial charge in [0.25, 0.3) is 0 Å². The number of ether oxygens (including phenoxy) is 1. The molecule has 4 rings (SSSR count). The predicted molar refractivity (Wildman–Crippen MR) is 92.4 cm³/mol. The van der Waals surface area contributed by atoms with Gasteiger partial charge in [-0.1, -0.05) is 18.9 Å². The van der Waals surface area contributed by atoms with Gasteiger partial charge in [0, 0.05) is 38.1 Å². The van der Waals surface area contributed by atoms with Gasteiger partial charge in [0.2, 0.25) is 0 Å². The Morgan fingerprint density at radius 3 is 2.88 bits per heavy atom. The van der Waals surface area contributed by atoms with E-state index in [2.05, 4.69) is 25.7 Å². The molecule has 0 aromatic carbocycles. The number of hydrogen-bond acceptors (Lipinski definition) is 4.